The average Bonchev–Trinajstić information content (AvgIpc) is 2.80. The first-order valence-electron chi connectivity index (χ1n) is 10.9. The van der Waals surface area contributed by atoms with E-state index in [4.69, 9.17) is 21.1 Å². The second-order valence-electron chi connectivity index (χ2n) is 8.35. The van der Waals surface area contributed by atoms with Crippen molar-refractivity contribution in [2.45, 2.75) is 26.0 Å². The van der Waals surface area contributed by atoms with Gasteiger partial charge in [0, 0.05) is 55.8 Å². The Morgan fingerprint density at radius 1 is 1.15 bits per heavy atom. The van der Waals surface area contributed by atoms with Crippen molar-refractivity contribution in [3.8, 4) is 5.75 Å². The van der Waals surface area contributed by atoms with Crippen LogP contribution in [0, 0.1) is 5.92 Å². The molecule has 0 saturated carbocycles. The highest BCUT2D eigenvalue weighted by atomic mass is 35.5. The van der Waals surface area contributed by atoms with Crippen LogP contribution >= 0.6 is 11.6 Å². The molecule has 0 radical (unpaired) electrons. The Hall–Kier alpha value is -2.81. The third-order valence-electron chi connectivity index (χ3n) is 5.59. The molecule has 1 aliphatic rings. The van der Waals surface area contributed by atoms with Crippen LogP contribution < -0.4 is 20.7 Å². The van der Waals surface area contributed by atoms with E-state index in [2.05, 4.69) is 22.9 Å². The quantitative estimate of drug-likeness (QED) is 0.623. The molecule has 2 aromatic carbocycles. The first-order valence-corrected chi connectivity index (χ1v) is 11.3. The lowest BCUT2D eigenvalue weighted by Crippen LogP contribution is -2.44. The standard InChI is InChI=1S/C24H31ClN4O4/c1-15-12-26-16(2)14-33-21-11-19(28-24(31)27-18-7-5-17(25)6-8-18)9-10-20(21)23(30)29(3)13-22(15)32-4/h5-11,15-16,22,26H,12-14H2,1-4H3,(H2,27,28,31)/t15-,16-,22+/m1/s1. The van der Waals surface area contributed by atoms with Gasteiger partial charge < -0.3 is 30.3 Å². The van der Waals surface area contributed by atoms with Gasteiger partial charge in [0.2, 0.25) is 0 Å². The molecule has 9 heteroatoms. The van der Waals surface area contributed by atoms with E-state index in [-0.39, 0.29) is 24.0 Å². The molecule has 0 saturated heterocycles. The molecule has 1 aliphatic heterocycles. The number of amides is 3. The van der Waals surface area contributed by atoms with Gasteiger partial charge in [-0.25, -0.2) is 4.79 Å². The number of hydrogen-bond donors (Lipinski definition) is 3. The minimum atomic E-state index is -0.416. The zero-order valence-electron chi connectivity index (χ0n) is 19.4. The maximum atomic E-state index is 13.2. The molecule has 3 N–H and O–H groups in total. The van der Waals surface area contributed by atoms with E-state index < -0.39 is 6.03 Å². The van der Waals surface area contributed by atoms with Crippen LogP contribution in [0.3, 0.4) is 0 Å². The second-order valence-corrected chi connectivity index (χ2v) is 8.79. The van der Waals surface area contributed by atoms with Crippen molar-refractivity contribution < 1.29 is 19.1 Å². The largest absolute Gasteiger partial charge is 0.491 e. The molecule has 0 unspecified atom stereocenters. The van der Waals surface area contributed by atoms with Crippen molar-refractivity contribution >= 4 is 34.9 Å². The summed E-state index contributed by atoms with van der Waals surface area (Å²) in [6.45, 7) is 5.68. The molecular formula is C24H31ClN4O4. The van der Waals surface area contributed by atoms with Crippen LogP contribution in [-0.4, -0.2) is 62.8 Å². The minimum absolute atomic E-state index is 0.0647. The number of anilines is 2. The third kappa shape index (κ3) is 6.83. The fourth-order valence-electron chi connectivity index (χ4n) is 3.56. The van der Waals surface area contributed by atoms with Gasteiger partial charge in [-0.15, -0.1) is 0 Å². The van der Waals surface area contributed by atoms with E-state index in [0.717, 1.165) is 6.54 Å². The zero-order valence-corrected chi connectivity index (χ0v) is 20.1. The molecule has 2 aromatic rings. The number of ether oxygens (including phenoxy) is 2. The third-order valence-corrected chi connectivity index (χ3v) is 5.84. The molecule has 0 spiro atoms. The Balaban J connectivity index is 1.80. The number of carbonyl (C=O) groups excluding carboxylic acids is 2. The average molecular weight is 475 g/mol. The molecule has 0 bridgehead atoms. The number of likely N-dealkylation sites (N-methyl/N-ethyl adjacent to an activating group) is 1. The first kappa shape index (κ1) is 24.8. The number of halogens is 1. The van der Waals surface area contributed by atoms with Crippen molar-refractivity contribution in [1.82, 2.24) is 10.2 Å². The number of carbonyl (C=O) groups is 2. The molecule has 33 heavy (non-hydrogen) atoms. The summed E-state index contributed by atoms with van der Waals surface area (Å²) >= 11 is 5.88. The maximum absolute atomic E-state index is 13.2. The zero-order chi connectivity index (χ0) is 24.0. The highest BCUT2D eigenvalue weighted by Gasteiger charge is 2.25. The predicted molar refractivity (Wildman–Crippen MR) is 130 cm³/mol. The van der Waals surface area contributed by atoms with Gasteiger partial charge in [-0.05, 0) is 49.2 Å². The molecule has 1 heterocycles. The Kier molecular flexibility index (Phi) is 8.55. The lowest BCUT2D eigenvalue weighted by molar-refractivity contribution is 0.0281. The lowest BCUT2D eigenvalue weighted by atomic mass is 10.0. The fourth-order valence-corrected chi connectivity index (χ4v) is 3.69. The van der Waals surface area contributed by atoms with E-state index in [0.29, 0.717) is 40.9 Å². The molecular weight excluding hydrogens is 444 g/mol. The van der Waals surface area contributed by atoms with Crippen LogP contribution in [-0.2, 0) is 4.74 Å². The first-order chi connectivity index (χ1) is 15.8. The molecule has 3 rings (SSSR count). The van der Waals surface area contributed by atoms with Crippen molar-refractivity contribution in [3.05, 3.63) is 53.1 Å². The molecule has 0 fully saturated rings. The van der Waals surface area contributed by atoms with Gasteiger partial charge in [0.25, 0.3) is 5.91 Å². The summed E-state index contributed by atoms with van der Waals surface area (Å²) in [5.74, 6) is 0.460. The highest BCUT2D eigenvalue weighted by molar-refractivity contribution is 6.30. The van der Waals surface area contributed by atoms with Crippen LogP contribution in [0.1, 0.15) is 24.2 Å². The summed E-state index contributed by atoms with van der Waals surface area (Å²) < 4.78 is 11.6. The van der Waals surface area contributed by atoms with Crippen LogP contribution in [0.5, 0.6) is 5.75 Å². The molecule has 178 valence electrons. The van der Waals surface area contributed by atoms with E-state index in [9.17, 15) is 9.59 Å². The van der Waals surface area contributed by atoms with Gasteiger partial charge in [-0.3, -0.25) is 4.79 Å². The number of rotatable bonds is 3. The number of benzene rings is 2. The molecule has 0 aliphatic carbocycles. The SMILES string of the molecule is CO[C@H]1CN(C)C(=O)c2ccc(NC(=O)Nc3ccc(Cl)cc3)cc2OC[C@@H](C)NC[C@H]1C. The molecule has 3 atom stereocenters. The van der Waals surface area contributed by atoms with Crippen LogP contribution in [0.4, 0.5) is 16.2 Å². The summed E-state index contributed by atoms with van der Waals surface area (Å²) in [7, 11) is 3.41. The molecule has 0 aromatic heterocycles. The number of methoxy groups -OCH3 is 1. The van der Waals surface area contributed by atoms with Crippen molar-refractivity contribution in [3.63, 3.8) is 0 Å². The minimum Gasteiger partial charge on any atom is -0.491 e. The normalized spacial score (nSPS) is 21.8. The monoisotopic (exact) mass is 474 g/mol. The van der Waals surface area contributed by atoms with Crippen molar-refractivity contribution in [2.24, 2.45) is 5.92 Å². The number of nitrogens with zero attached hydrogens (tertiary/aromatic N) is 1. The summed E-state index contributed by atoms with van der Waals surface area (Å²) in [5, 5.41) is 9.56. The van der Waals surface area contributed by atoms with E-state index >= 15 is 0 Å². The van der Waals surface area contributed by atoms with E-state index in [1.54, 1.807) is 61.5 Å². The Bertz CT molecular complexity index is 969. The second kappa shape index (κ2) is 11.4. The number of hydrogen-bond acceptors (Lipinski definition) is 5. The van der Waals surface area contributed by atoms with Gasteiger partial charge in [-0.1, -0.05) is 18.5 Å². The Labute approximate surface area is 199 Å². The summed E-state index contributed by atoms with van der Waals surface area (Å²) in [6.07, 6.45) is -0.0973. The lowest BCUT2D eigenvalue weighted by Gasteiger charge is -2.30. The van der Waals surface area contributed by atoms with Crippen molar-refractivity contribution in [2.75, 3.05) is 44.5 Å². The molecule has 3 amide bonds. The molecule has 8 nitrogen and oxygen atoms in total. The van der Waals surface area contributed by atoms with Gasteiger partial charge in [0.1, 0.15) is 12.4 Å². The topological polar surface area (TPSA) is 91.9 Å². The fraction of sp³-hybridized carbons (Fsp3) is 0.417. The van der Waals surface area contributed by atoms with E-state index in [1.807, 2.05) is 6.92 Å². The summed E-state index contributed by atoms with van der Waals surface area (Å²) in [5.41, 5.74) is 1.54. The summed E-state index contributed by atoms with van der Waals surface area (Å²) in [4.78, 5) is 27.2. The van der Waals surface area contributed by atoms with Gasteiger partial charge >= 0.3 is 6.03 Å². The highest BCUT2D eigenvalue weighted by Crippen LogP contribution is 2.26. The number of urea groups is 1. The Morgan fingerprint density at radius 3 is 2.52 bits per heavy atom. The summed E-state index contributed by atoms with van der Waals surface area (Å²) in [6, 6.07) is 11.5. The van der Waals surface area contributed by atoms with Crippen LogP contribution in [0.2, 0.25) is 5.02 Å². The van der Waals surface area contributed by atoms with Crippen molar-refractivity contribution in [1.29, 1.82) is 0 Å². The van der Waals surface area contributed by atoms with Crippen LogP contribution in [0.25, 0.3) is 0 Å². The van der Waals surface area contributed by atoms with E-state index in [1.165, 1.54) is 0 Å². The van der Waals surface area contributed by atoms with Crippen LogP contribution in [0.15, 0.2) is 42.5 Å². The van der Waals surface area contributed by atoms with Gasteiger partial charge in [0.05, 0.1) is 11.7 Å². The predicted octanol–water partition coefficient (Wildman–Crippen LogP) is 4.08. The van der Waals surface area contributed by atoms with Gasteiger partial charge in [0.15, 0.2) is 0 Å². The maximum Gasteiger partial charge on any atom is 0.323 e. The number of nitrogens with one attached hydrogen (secondary N) is 3. The Morgan fingerprint density at radius 2 is 1.82 bits per heavy atom. The number of fused-ring (bicyclic) bond motifs is 1. The van der Waals surface area contributed by atoms with Gasteiger partial charge in [-0.2, -0.15) is 0 Å². The smallest absolute Gasteiger partial charge is 0.323 e.